The van der Waals surface area contributed by atoms with Crippen LogP contribution in [0.2, 0.25) is 0 Å². The van der Waals surface area contributed by atoms with Gasteiger partial charge in [0.15, 0.2) is 0 Å². The number of likely N-dealkylation sites (N-methyl/N-ethyl adjacent to an activating group) is 1. The molecule has 2 N–H and O–H groups in total. The maximum Gasteiger partial charge on any atom is 0.345 e. The van der Waals surface area contributed by atoms with Crippen LogP contribution >= 0.6 is 0 Å². The highest BCUT2D eigenvalue weighted by Crippen LogP contribution is 2.18. The SMILES string of the molecule is CN1CCCC(N)(COC(F)F)C1. The molecule has 3 nitrogen and oxygen atoms in total. The van der Waals surface area contributed by atoms with Crippen LogP contribution in [-0.2, 0) is 4.74 Å². The van der Waals surface area contributed by atoms with Crippen LogP contribution in [0.3, 0.4) is 0 Å². The fourth-order valence-corrected chi connectivity index (χ4v) is 1.74. The molecule has 1 saturated heterocycles. The van der Waals surface area contributed by atoms with E-state index in [1.54, 1.807) is 0 Å². The minimum atomic E-state index is -2.72. The Morgan fingerprint density at radius 3 is 2.85 bits per heavy atom. The molecule has 5 heteroatoms. The minimum absolute atomic E-state index is 0.0605. The predicted molar refractivity (Wildman–Crippen MR) is 45.6 cm³/mol. The second kappa shape index (κ2) is 4.30. The molecule has 0 aromatic carbocycles. The number of nitrogens with two attached hydrogens (primary N) is 1. The Balaban J connectivity index is 2.35. The lowest BCUT2D eigenvalue weighted by atomic mass is 9.91. The molecule has 1 unspecified atom stereocenters. The van der Waals surface area contributed by atoms with Crippen molar-refractivity contribution in [2.24, 2.45) is 5.73 Å². The third-order valence-electron chi connectivity index (χ3n) is 2.30. The Hall–Kier alpha value is -0.260. The molecule has 0 aromatic rings. The predicted octanol–water partition coefficient (Wildman–Crippen LogP) is 0.649. The van der Waals surface area contributed by atoms with Crippen molar-refractivity contribution < 1.29 is 13.5 Å². The summed E-state index contributed by atoms with van der Waals surface area (Å²) < 4.78 is 27.8. The first-order valence-electron chi connectivity index (χ1n) is 4.39. The molecule has 0 radical (unpaired) electrons. The highest BCUT2D eigenvalue weighted by atomic mass is 19.3. The van der Waals surface area contributed by atoms with Crippen LogP contribution in [0.1, 0.15) is 12.8 Å². The second-order valence-electron chi connectivity index (χ2n) is 3.78. The van der Waals surface area contributed by atoms with Crippen molar-refractivity contribution in [1.82, 2.24) is 4.90 Å². The zero-order chi connectivity index (χ0) is 9.90. The van der Waals surface area contributed by atoms with Gasteiger partial charge in [0, 0.05) is 6.54 Å². The van der Waals surface area contributed by atoms with Gasteiger partial charge in [-0.05, 0) is 26.4 Å². The molecule has 0 spiro atoms. The zero-order valence-electron chi connectivity index (χ0n) is 7.80. The minimum Gasteiger partial charge on any atom is -0.322 e. The maximum atomic E-state index is 11.8. The molecule has 1 heterocycles. The van der Waals surface area contributed by atoms with Crippen molar-refractivity contribution in [3.05, 3.63) is 0 Å². The van der Waals surface area contributed by atoms with Gasteiger partial charge in [-0.3, -0.25) is 0 Å². The summed E-state index contributed by atoms with van der Waals surface area (Å²) in [5, 5.41) is 0. The van der Waals surface area contributed by atoms with Crippen LogP contribution in [0, 0.1) is 0 Å². The first-order chi connectivity index (χ1) is 6.02. The Morgan fingerprint density at radius 1 is 1.62 bits per heavy atom. The van der Waals surface area contributed by atoms with E-state index in [2.05, 4.69) is 4.74 Å². The van der Waals surface area contributed by atoms with Gasteiger partial charge in [-0.15, -0.1) is 0 Å². The molecule has 0 saturated carbocycles. The van der Waals surface area contributed by atoms with Crippen molar-refractivity contribution in [3.63, 3.8) is 0 Å². The lowest BCUT2D eigenvalue weighted by molar-refractivity contribution is -0.145. The van der Waals surface area contributed by atoms with E-state index in [1.165, 1.54) is 0 Å². The van der Waals surface area contributed by atoms with Gasteiger partial charge in [-0.1, -0.05) is 0 Å². The number of halogens is 2. The monoisotopic (exact) mass is 194 g/mol. The lowest BCUT2D eigenvalue weighted by Gasteiger charge is -2.38. The first kappa shape index (κ1) is 10.8. The summed E-state index contributed by atoms with van der Waals surface area (Å²) in [5.74, 6) is 0. The average molecular weight is 194 g/mol. The molecule has 0 aliphatic carbocycles. The van der Waals surface area contributed by atoms with E-state index in [4.69, 9.17) is 5.73 Å². The molecule has 1 atom stereocenters. The fraction of sp³-hybridized carbons (Fsp3) is 1.00. The van der Waals surface area contributed by atoms with Gasteiger partial charge >= 0.3 is 6.61 Å². The number of nitrogens with zero attached hydrogens (tertiary/aromatic N) is 1. The quantitative estimate of drug-likeness (QED) is 0.717. The fourth-order valence-electron chi connectivity index (χ4n) is 1.74. The van der Waals surface area contributed by atoms with E-state index < -0.39 is 12.2 Å². The van der Waals surface area contributed by atoms with Crippen LogP contribution in [0.4, 0.5) is 8.78 Å². The lowest BCUT2D eigenvalue weighted by Crippen LogP contribution is -2.56. The molecule has 0 amide bonds. The summed E-state index contributed by atoms with van der Waals surface area (Å²) >= 11 is 0. The summed E-state index contributed by atoms with van der Waals surface area (Å²) in [6.45, 7) is -1.17. The number of rotatable bonds is 3. The average Bonchev–Trinajstić information content (AvgIpc) is 2.01. The molecular weight excluding hydrogens is 178 g/mol. The van der Waals surface area contributed by atoms with Crippen LogP contribution in [-0.4, -0.2) is 43.8 Å². The summed E-state index contributed by atoms with van der Waals surface area (Å²) in [4.78, 5) is 2.04. The van der Waals surface area contributed by atoms with Crippen molar-refractivity contribution in [1.29, 1.82) is 0 Å². The maximum absolute atomic E-state index is 11.8. The molecule has 1 rings (SSSR count). The molecule has 13 heavy (non-hydrogen) atoms. The van der Waals surface area contributed by atoms with Crippen molar-refractivity contribution in [2.75, 3.05) is 26.7 Å². The van der Waals surface area contributed by atoms with Crippen LogP contribution in [0.5, 0.6) is 0 Å². The Morgan fingerprint density at radius 2 is 2.31 bits per heavy atom. The van der Waals surface area contributed by atoms with Crippen LogP contribution in [0.15, 0.2) is 0 Å². The number of hydrogen-bond donors (Lipinski definition) is 1. The third kappa shape index (κ3) is 3.54. The smallest absolute Gasteiger partial charge is 0.322 e. The summed E-state index contributed by atoms with van der Waals surface area (Å²) in [5.41, 5.74) is 5.30. The Kier molecular flexibility index (Phi) is 3.58. The van der Waals surface area contributed by atoms with Crippen LogP contribution in [0.25, 0.3) is 0 Å². The van der Waals surface area contributed by atoms with Crippen molar-refractivity contribution in [3.8, 4) is 0 Å². The van der Waals surface area contributed by atoms with Crippen molar-refractivity contribution >= 4 is 0 Å². The van der Waals surface area contributed by atoms with E-state index in [0.717, 1.165) is 19.4 Å². The van der Waals surface area contributed by atoms with Crippen LogP contribution < -0.4 is 5.73 Å². The topological polar surface area (TPSA) is 38.5 Å². The largest absolute Gasteiger partial charge is 0.345 e. The number of alkyl halides is 2. The normalized spacial score (nSPS) is 31.2. The number of likely N-dealkylation sites (tertiary alicyclic amines) is 1. The van der Waals surface area contributed by atoms with Crippen molar-refractivity contribution in [2.45, 2.75) is 25.0 Å². The molecular formula is C8H16F2N2O. The van der Waals surface area contributed by atoms with Gasteiger partial charge in [0.1, 0.15) is 0 Å². The van der Waals surface area contributed by atoms with Gasteiger partial charge in [0.05, 0.1) is 12.1 Å². The van der Waals surface area contributed by atoms with E-state index >= 15 is 0 Å². The molecule has 0 bridgehead atoms. The van der Waals surface area contributed by atoms with Gasteiger partial charge in [-0.2, -0.15) is 8.78 Å². The summed E-state index contributed by atoms with van der Waals surface area (Å²) in [6.07, 6.45) is 1.70. The number of ether oxygens (including phenoxy) is 1. The van der Waals surface area contributed by atoms with E-state index in [1.807, 2.05) is 11.9 Å². The van der Waals surface area contributed by atoms with Gasteiger partial charge < -0.3 is 15.4 Å². The Bertz CT molecular complexity index is 168. The summed E-state index contributed by atoms with van der Waals surface area (Å²) in [7, 11) is 1.93. The molecule has 78 valence electrons. The van der Waals surface area contributed by atoms with E-state index in [-0.39, 0.29) is 6.61 Å². The first-order valence-corrected chi connectivity index (χ1v) is 4.39. The second-order valence-corrected chi connectivity index (χ2v) is 3.78. The third-order valence-corrected chi connectivity index (χ3v) is 2.30. The molecule has 1 aliphatic heterocycles. The zero-order valence-corrected chi connectivity index (χ0v) is 7.80. The van der Waals surface area contributed by atoms with Gasteiger partial charge in [-0.25, -0.2) is 0 Å². The highest BCUT2D eigenvalue weighted by Gasteiger charge is 2.31. The number of hydrogen-bond acceptors (Lipinski definition) is 3. The highest BCUT2D eigenvalue weighted by molar-refractivity contribution is 4.90. The molecule has 1 fully saturated rings. The van der Waals surface area contributed by atoms with E-state index in [9.17, 15) is 8.78 Å². The summed E-state index contributed by atoms with van der Waals surface area (Å²) in [6, 6.07) is 0. The van der Waals surface area contributed by atoms with Gasteiger partial charge in [0.2, 0.25) is 0 Å². The molecule has 0 aromatic heterocycles. The Labute approximate surface area is 76.8 Å². The standard InChI is InChI=1S/C8H16F2N2O/c1-12-4-2-3-8(11,5-12)6-13-7(9)10/h7H,2-6,11H2,1H3. The number of piperidine rings is 1. The van der Waals surface area contributed by atoms with Gasteiger partial charge in [0.25, 0.3) is 0 Å². The molecule has 1 aliphatic rings. The van der Waals surface area contributed by atoms with E-state index in [0.29, 0.717) is 6.54 Å².